The van der Waals surface area contributed by atoms with E-state index in [2.05, 4.69) is 24.5 Å². The van der Waals surface area contributed by atoms with Crippen molar-refractivity contribution in [2.75, 3.05) is 5.32 Å². The molecular formula is C15H22N2O3. The van der Waals surface area contributed by atoms with Crippen molar-refractivity contribution in [1.82, 2.24) is 5.32 Å². The first kappa shape index (κ1) is 16.0. The summed E-state index contributed by atoms with van der Waals surface area (Å²) in [5, 5.41) is 14.2. The van der Waals surface area contributed by atoms with Gasteiger partial charge in [-0.05, 0) is 30.9 Å². The molecule has 2 amide bonds. The molecule has 0 heterocycles. The lowest BCUT2D eigenvalue weighted by Crippen LogP contribution is -2.36. The van der Waals surface area contributed by atoms with Gasteiger partial charge in [0.05, 0.1) is 0 Å². The Morgan fingerprint density at radius 2 is 1.85 bits per heavy atom. The van der Waals surface area contributed by atoms with E-state index < -0.39 is 5.97 Å². The number of anilines is 1. The van der Waals surface area contributed by atoms with Gasteiger partial charge in [0.25, 0.3) is 0 Å². The number of carboxylic acid groups (broad SMARTS) is 1. The number of urea groups is 1. The van der Waals surface area contributed by atoms with E-state index >= 15 is 0 Å². The summed E-state index contributed by atoms with van der Waals surface area (Å²) in [5.74, 6) is -0.542. The van der Waals surface area contributed by atoms with E-state index in [1.54, 1.807) is 6.92 Å². The van der Waals surface area contributed by atoms with Gasteiger partial charge in [-0.25, -0.2) is 4.79 Å². The molecule has 1 unspecified atom stereocenters. The van der Waals surface area contributed by atoms with E-state index in [9.17, 15) is 9.59 Å². The molecule has 3 N–H and O–H groups in total. The van der Waals surface area contributed by atoms with E-state index in [4.69, 9.17) is 5.11 Å². The van der Waals surface area contributed by atoms with Crippen LogP contribution in [-0.4, -0.2) is 23.1 Å². The van der Waals surface area contributed by atoms with Crippen LogP contribution >= 0.6 is 0 Å². The van der Waals surface area contributed by atoms with Gasteiger partial charge in [0.15, 0.2) is 0 Å². The molecule has 0 spiro atoms. The molecule has 0 fully saturated rings. The van der Waals surface area contributed by atoms with E-state index in [0.29, 0.717) is 12.3 Å². The highest BCUT2D eigenvalue weighted by atomic mass is 16.4. The van der Waals surface area contributed by atoms with Crippen LogP contribution in [0.3, 0.4) is 0 Å². The second kappa shape index (κ2) is 7.53. The zero-order chi connectivity index (χ0) is 15.1. The van der Waals surface area contributed by atoms with Crippen molar-refractivity contribution >= 4 is 17.7 Å². The minimum Gasteiger partial charge on any atom is -0.481 e. The molecule has 0 saturated heterocycles. The summed E-state index contributed by atoms with van der Waals surface area (Å²) < 4.78 is 0. The van der Waals surface area contributed by atoms with Gasteiger partial charge < -0.3 is 15.7 Å². The van der Waals surface area contributed by atoms with Gasteiger partial charge in [-0.15, -0.1) is 0 Å². The summed E-state index contributed by atoms with van der Waals surface area (Å²) in [6.45, 7) is 5.92. The molecule has 0 aliphatic rings. The zero-order valence-electron chi connectivity index (χ0n) is 12.1. The number of benzene rings is 1. The van der Waals surface area contributed by atoms with Crippen LogP contribution in [0.4, 0.5) is 10.5 Å². The predicted octanol–water partition coefficient (Wildman–Crippen LogP) is 3.18. The number of nitrogens with one attached hydrogen (secondary N) is 2. The summed E-state index contributed by atoms with van der Waals surface area (Å²) in [5.41, 5.74) is 1.85. The number of carbonyl (C=O) groups is 2. The summed E-state index contributed by atoms with van der Waals surface area (Å²) in [4.78, 5) is 22.3. The summed E-state index contributed by atoms with van der Waals surface area (Å²) in [6.07, 6.45) is 0.457. The molecule has 1 aromatic carbocycles. The highest BCUT2D eigenvalue weighted by molar-refractivity contribution is 5.90. The lowest BCUT2D eigenvalue weighted by Gasteiger charge is -2.17. The van der Waals surface area contributed by atoms with Gasteiger partial charge in [0, 0.05) is 18.2 Å². The predicted molar refractivity (Wildman–Crippen MR) is 79.0 cm³/mol. The van der Waals surface area contributed by atoms with Crippen LogP contribution in [0.5, 0.6) is 0 Å². The smallest absolute Gasteiger partial charge is 0.319 e. The second-order valence-corrected chi connectivity index (χ2v) is 5.17. The van der Waals surface area contributed by atoms with Crippen LogP contribution in [0.1, 0.15) is 45.1 Å². The van der Waals surface area contributed by atoms with Crippen molar-refractivity contribution in [2.24, 2.45) is 0 Å². The van der Waals surface area contributed by atoms with Gasteiger partial charge in [0.1, 0.15) is 0 Å². The quantitative estimate of drug-likeness (QED) is 0.747. The Labute approximate surface area is 119 Å². The Bertz CT molecular complexity index is 472. The molecule has 110 valence electrons. The molecule has 1 aromatic rings. The van der Waals surface area contributed by atoms with E-state index in [0.717, 1.165) is 11.3 Å². The standard InChI is InChI=1S/C15H22N2O3/c1-10(2)12-6-4-5-7-13(12)17-15(20)16-11(3)8-9-14(18)19/h4-7,10-11H,8-9H2,1-3H3,(H,18,19)(H2,16,17,20). The van der Waals surface area contributed by atoms with Crippen molar-refractivity contribution in [3.63, 3.8) is 0 Å². The first-order valence-electron chi connectivity index (χ1n) is 6.78. The molecule has 0 aliphatic carbocycles. The number of para-hydroxylation sites is 1. The summed E-state index contributed by atoms with van der Waals surface area (Å²) >= 11 is 0. The van der Waals surface area contributed by atoms with Crippen molar-refractivity contribution in [3.8, 4) is 0 Å². The Hall–Kier alpha value is -2.04. The summed E-state index contributed by atoms with van der Waals surface area (Å²) in [6, 6.07) is 7.15. The van der Waals surface area contributed by atoms with Crippen molar-refractivity contribution in [3.05, 3.63) is 29.8 Å². The highest BCUT2D eigenvalue weighted by Gasteiger charge is 2.11. The van der Waals surface area contributed by atoms with E-state index in [1.807, 2.05) is 24.3 Å². The van der Waals surface area contributed by atoms with Gasteiger partial charge in [-0.2, -0.15) is 0 Å². The number of carbonyl (C=O) groups excluding carboxylic acids is 1. The molecule has 0 radical (unpaired) electrons. The normalized spacial score (nSPS) is 12.0. The van der Waals surface area contributed by atoms with Crippen molar-refractivity contribution in [2.45, 2.75) is 45.6 Å². The molecule has 20 heavy (non-hydrogen) atoms. The van der Waals surface area contributed by atoms with Gasteiger partial charge in [0.2, 0.25) is 0 Å². The Kier molecular flexibility index (Phi) is 6.03. The Morgan fingerprint density at radius 1 is 1.20 bits per heavy atom. The first-order chi connectivity index (χ1) is 9.40. The minimum atomic E-state index is -0.857. The van der Waals surface area contributed by atoms with Crippen LogP contribution in [0, 0.1) is 0 Å². The van der Waals surface area contributed by atoms with Gasteiger partial charge >= 0.3 is 12.0 Å². The number of carboxylic acids is 1. The van der Waals surface area contributed by atoms with E-state index in [1.165, 1.54) is 0 Å². The van der Waals surface area contributed by atoms with Crippen molar-refractivity contribution in [1.29, 1.82) is 0 Å². The zero-order valence-corrected chi connectivity index (χ0v) is 12.1. The average molecular weight is 278 g/mol. The van der Waals surface area contributed by atoms with E-state index in [-0.39, 0.29) is 18.5 Å². The molecule has 5 heteroatoms. The maximum Gasteiger partial charge on any atom is 0.319 e. The molecule has 0 bridgehead atoms. The van der Waals surface area contributed by atoms with Gasteiger partial charge in [-0.1, -0.05) is 32.0 Å². The fourth-order valence-electron chi connectivity index (χ4n) is 1.91. The number of hydrogen-bond acceptors (Lipinski definition) is 2. The Morgan fingerprint density at radius 3 is 2.45 bits per heavy atom. The third-order valence-electron chi connectivity index (χ3n) is 3.00. The second-order valence-electron chi connectivity index (χ2n) is 5.17. The minimum absolute atomic E-state index is 0.0457. The number of amides is 2. The fourth-order valence-corrected chi connectivity index (χ4v) is 1.91. The van der Waals surface area contributed by atoms with Crippen LogP contribution in [-0.2, 0) is 4.79 Å². The number of rotatable bonds is 6. The van der Waals surface area contributed by atoms with Gasteiger partial charge in [-0.3, -0.25) is 4.79 Å². The van der Waals surface area contributed by atoms with Crippen molar-refractivity contribution < 1.29 is 14.7 Å². The third-order valence-corrected chi connectivity index (χ3v) is 3.00. The Balaban J connectivity index is 2.56. The molecule has 1 atom stereocenters. The van der Waals surface area contributed by atoms with Crippen LogP contribution in [0.25, 0.3) is 0 Å². The first-order valence-corrected chi connectivity index (χ1v) is 6.78. The number of aliphatic carboxylic acids is 1. The molecule has 5 nitrogen and oxygen atoms in total. The molecule has 1 rings (SSSR count). The fraction of sp³-hybridized carbons (Fsp3) is 0.467. The number of hydrogen-bond donors (Lipinski definition) is 3. The monoisotopic (exact) mass is 278 g/mol. The van der Waals surface area contributed by atoms with Crippen LogP contribution in [0.2, 0.25) is 0 Å². The molecule has 0 aromatic heterocycles. The average Bonchev–Trinajstić information content (AvgIpc) is 2.36. The van der Waals surface area contributed by atoms with Crippen LogP contribution in [0.15, 0.2) is 24.3 Å². The largest absolute Gasteiger partial charge is 0.481 e. The summed E-state index contributed by atoms with van der Waals surface area (Å²) in [7, 11) is 0. The maximum absolute atomic E-state index is 11.9. The lowest BCUT2D eigenvalue weighted by atomic mass is 10.0. The third kappa shape index (κ3) is 5.30. The molecular weight excluding hydrogens is 256 g/mol. The highest BCUT2D eigenvalue weighted by Crippen LogP contribution is 2.23. The molecule has 0 aliphatic heterocycles. The lowest BCUT2D eigenvalue weighted by molar-refractivity contribution is -0.137. The maximum atomic E-state index is 11.9. The van der Waals surface area contributed by atoms with Crippen LogP contribution < -0.4 is 10.6 Å². The molecule has 0 saturated carbocycles. The SMILES string of the molecule is CC(CCC(=O)O)NC(=O)Nc1ccccc1C(C)C. The topological polar surface area (TPSA) is 78.4 Å².